The Bertz CT molecular complexity index is 524. The lowest BCUT2D eigenvalue weighted by Gasteiger charge is -2.17. The van der Waals surface area contributed by atoms with Gasteiger partial charge in [-0.1, -0.05) is 26.1 Å². The van der Waals surface area contributed by atoms with Crippen LogP contribution in [0.15, 0.2) is 23.2 Å². The van der Waals surface area contributed by atoms with Crippen molar-refractivity contribution < 1.29 is 8.42 Å². The molecule has 0 radical (unpaired) electrons. The molecule has 7 heteroatoms. The second-order valence-electron chi connectivity index (χ2n) is 4.40. The van der Waals surface area contributed by atoms with Gasteiger partial charge in [-0.15, -0.1) is 0 Å². The number of hydrogen-bond acceptors (Lipinski definition) is 4. The van der Waals surface area contributed by atoms with Gasteiger partial charge in [-0.3, -0.25) is 4.98 Å². The second kappa shape index (κ2) is 5.73. The molecule has 100 valence electrons. The molecular weight excluding hydrogens is 270 g/mol. The van der Waals surface area contributed by atoms with Crippen LogP contribution in [0.3, 0.4) is 0 Å². The molecule has 1 aromatic rings. The van der Waals surface area contributed by atoms with Crippen LogP contribution in [0, 0.1) is 5.92 Å². The first-order valence-electron chi connectivity index (χ1n) is 5.52. The molecule has 0 spiro atoms. The van der Waals surface area contributed by atoms with E-state index < -0.39 is 10.0 Å². The topological polar surface area (TPSA) is 85.1 Å². The molecule has 5 nitrogen and oxygen atoms in total. The number of nitrogens with two attached hydrogens (primary N) is 1. The SMILES string of the molecule is CC(C)C(C)NS(=O)(=O)c1ccc(C(N)=S)nc1. The summed E-state index contributed by atoms with van der Waals surface area (Å²) in [6, 6.07) is 2.79. The van der Waals surface area contributed by atoms with Crippen LogP contribution in [0.2, 0.25) is 0 Å². The molecule has 0 fully saturated rings. The van der Waals surface area contributed by atoms with Gasteiger partial charge in [0.05, 0.1) is 5.69 Å². The van der Waals surface area contributed by atoms with Crippen molar-refractivity contribution in [1.29, 1.82) is 0 Å². The van der Waals surface area contributed by atoms with E-state index >= 15 is 0 Å². The van der Waals surface area contributed by atoms with Gasteiger partial charge < -0.3 is 5.73 Å². The lowest BCUT2D eigenvalue weighted by atomic mass is 10.1. The summed E-state index contributed by atoms with van der Waals surface area (Å²) in [6.07, 6.45) is 1.25. The Morgan fingerprint density at radius 3 is 2.39 bits per heavy atom. The van der Waals surface area contributed by atoms with Crippen LogP contribution in [0.1, 0.15) is 26.5 Å². The van der Waals surface area contributed by atoms with E-state index in [1.165, 1.54) is 18.3 Å². The molecule has 0 saturated heterocycles. The molecule has 0 aliphatic carbocycles. The van der Waals surface area contributed by atoms with Crippen LogP contribution >= 0.6 is 12.2 Å². The van der Waals surface area contributed by atoms with Crippen molar-refractivity contribution in [2.24, 2.45) is 11.7 Å². The van der Waals surface area contributed by atoms with Gasteiger partial charge in [0.1, 0.15) is 9.88 Å². The van der Waals surface area contributed by atoms with E-state index in [4.69, 9.17) is 18.0 Å². The average Bonchev–Trinajstić information content (AvgIpc) is 2.28. The Kier molecular flexibility index (Phi) is 4.78. The summed E-state index contributed by atoms with van der Waals surface area (Å²) in [6.45, 7) is 5.71. The highest BCUT2D eigenvalue weighted by Gasteiger charge is 2.19. The van der Waals surface area contributed by atoms with Gasteiger partial charge in [0.15, 0.2) is 0 Å². The van der Waals surface area contributed by atoms with Crippen molar-refractivity contribution >= 4 is 27.2 Å². The monoisotopic (exact) mass is 287 g/mol. The maximum Gasteiger partial charge on any atom is 0.242 e. The third-order valence-corrected chi connectivity index (χ3v) is 4.39. The Balaban J connectivity index is 2.95. The molecule has 0 aromatic carbocycles. The molecule has 0 aliphatic heterocycles. The predicted octanol–water partition coefficient (Wildman–Crippen LogP) is 1.04. The average molecular weight is 287 g/mol. The minimum absolute atomic E-state index is 0.106. The largest absolute Gasteiger partial charge is 0.388 e. The molecule has 18 heavy (non-hydrogen) atoms. The second-order valence-corrected chi connectivity index (χ2v) is 6.55. The molecule has 0 saturated carbocycles. The molecule has 0 bridgehead atoms. The van der Waals surface area contributed by atoms with Gasteiger partial charge >= 0.3 is 0 Å². The van der Waals surface area contributed by atoms with Gasteiger partial charge in [0, 0.05) is 12.2 Å². The number of thiocarbonyl (C=S) groups is 1. The van der Waals surface area contributed by atoms with Gasteiger partial charge in [-0.2, -0.15) is 0 Å². The van der Waals surface area contributed by atoms with Gasteiger partial charge in [-0.05, 0) is 25.0 Å². The fraction of sp³-hybridized carbons (Fsp3) is 0.455. The Morgan fingerprint density at radius 2 is 2.00 bits per heavy atom. The van der Waals surface area contributed by atoms with Crippen molar-refractivity contribution in [2.45, 2.75) is 31.7 Å². The summed E-state index contributed by atoms with van der Waals surface area (Å²) >= 11 is 4.75. The lowest BCUT2D eigenvalue weighted by Crippen LogP contribution is -2.36. The van der Waals surface area contributed by atoms with Crippen LogP contribution in [0.5, 0.6) is 0 Å². The lowest BCUT2D eigenvalue weighted by molar-refractivity contribution is 0.476. The van der Waals surface area contributed by atoms with E-state index in [0.29, 0.717) is 5.69 Å². The third kappa shape index (κ3) is 3.72. The van der Waals surface area contributed by atoms with Crippen molar-refractivity contribution in [3.05, 3.63) is 24.0 Å². The number of nitrogens with one attached hydrogen (secondary N) is 1. The molecule has 1 atom stereocenters. The first kappa shape index (κ1) is 15.0. The number of hydrogen-bond donors (Lipinski definition) is 2. The zero-order valence-electron chi connectivity index (χ0n) is 10.5. The summed E-state index contributed by atoms with van der Waals surface area (Å²) in [5.74, 6) is 0.212. The Labute approximate surface area is 113 Å². The van der Waals surface area contributed by atoms with Crippen molar-refractivity contribution in [3.8, 4) is 0 Å². The summed E-state index contributed by atoms with van der Waals surface area (Å²) < 4.78 is 26.6. The smallest absolute Gasteiger partial charge is 0.242 e. The summed E-state index contributed by atoms with van der Waals surface area (Å²) in [5, 5.41) is 0. The zero-order valence-corrected chi connectivity index (χ0v) is 12.2. The molecule has 0 aliphatic rings. The van der Waals surface area contributed by atoms with Gasteiger partial charge in [0.2, 0.25) is 10.0 Å². The summed E-state index contributed by atoms with van der Waals surface area (Å²) in [4.78, 5) is 4.16. The van der Waals surface area contributed by atoms with Crippen molar-refractivity contribution in [1.82, 2.24) is 9.71 Å². The third-order valence-electron chi connectivity index (χ3n) is 2.64. The first-order chi connectivity index (χ1) is 8.24. The molecule has 1 aromatic heterocycles. The fourth-order valence-electron chi connectivity index (χ4n) is 1.13. The minimum atomic E-state index is -3.54. The van der Waals surface area contributed by atoms with Crippen LogP contribution in [0.4, 0.5) is 0 Å². The molecule has 0 amide bonds. The zero-order chi connectivity index (χ0) is 13.9. The predicted molar refractivity (Wildman–Crippen MR) is 74.7 cm³/mol. The van der Waals surface area contributed by atoms with E-state index in [1.54, 1.807) is 0 Å². The van der Waals surface area contributed by atoms with E-state index in [9.17, 15) is 8.42 Å². The van der Waals surface area contributed by atoms with Crippen LogP contribution in [-0.2, 0) is 10.0 Å². The maximum atomic E-state index is 12.0. The van der Waals surface area contributed by atoms with Crippen molar-refractivity contribution in [2.75, 3.05) is 0 Å². The van der Waals surface area contributed by atoms with Crippen LogP contribution in [0.25, 0.3) is 0 Å². The molecule has 3 N–H and O–H groups in total. The summed E-state index contributed by atoms with van der Waals surface area (Å²) in [7, 11) is -3.54. The van der Waals surface area contributed by atoms with E-state index in [2.05, 4.69) is 9.71 Å². The number of pyridine rings is 1. The van der Waals surface area contributed by atoms with Gasteiger partial charge in [0.25, 0.3) is 0 Å². The molecule has 1 heterocycles. The molecule has 1 unspecified atom stereocenters. The first-order valence-corrected chi connectivity index (χ1v) is 7.41. The standard InChI is InChI=1S/C11H17N3O2S2/c1-7(2)8(3)14-18(15,16)9-4-5-10(11(12)17)13-6-9/h4-8,14H,1-3H3,(H2,12,17). The fourth-order valence-corrected chi connectivity index (χ4v) is 2.59. The minimum Gasteiger partial charge on any atom is -0.388 e. The Morgan fingerprint density at radius 1 is 1.39 bits per heavy atom. The van der Waals surface area contributed by atoms with Gasteiger partial charge in [-0.25, -0.2) is 13.1 Å². The van der Waals surface area contributed by atoms with E-state index in [0.717, 1.165) is 0 Å². The highest BCUT2D eigenvalue weighted by atomic mass is 32.2. The number of aromatic nitrogens is 1. The van der Waals surface area contributed by atoms with Crippen molar-refractivity contribution in [3.63, 3.8) is 0 Å². The molecular formula is C11H17N3O2S2. The highest BCUT2D eigenvalue weighted by Crippen LogP contribution is 2.11. The Hall–Kier alpha value is -1.05. The number of rotatable bonds is 5. The van der Waals surface area contributed by atoms with E-state index in [-0.39, 0.29) is 21.8 Å². The quantitative estimate of drug-likeness (QED) is 0.790. The number of nitrogens with zero attached hydrogens (tertiary/aromatic N) is 1. The highest BCUT2D eigenvalue weighted by molar-refractivity contribution is 7.89. The normalized spacial score (nSPS) is 13.6. The summed E-state index contributed by atoms with van der Waals surface area (Å²) in [5.41, 5.74) is 5.80. The molecule has 1 rings (SSSR count). The number of sulfonamides is 1. The van der Waals surface area contributed by atoms with E-state index in [1.807, 2.05) is 20.8 Å². The maximum absolute atomic E-state index is 12.0. The van der Waals surface area contributed by atoms with Crippen LogP contribution < -0.4 is 10.5 Å². The van der Waals surface area contributed by atoms with Crippen LogP contribution in [-0.4, -0.2) is 24.4 Å².